The van der Waals surface area contributed by atoms with Gasteiger partial charge in [0.2, 0.25) is 5.43 Å². The van der Waals surface area contributed by atoms with Gasteiger partial charge in [0.05, 0.1) is 5.69 Å². The number of rotatable bonds is 3. The summed E-state index contributed by atoms with van der Waals surface area (Å²) in [6.45, 7) is 1.74. The van der Waals surface area contributed by atoms with Crippen molar-refractivity contribution in [1.82, 2.24) is 9.97 Å². The summed E-state index contributed by atoms with van der Waals surface area (Å²) in [5.74, 6) is -0.0913. The standard InChI is InChI=1S/C24H22F3N3O2/c1-12-3-2-4-16-19(12)21(31)15(11-28-16)23(32)30-18-10-9-17(29-22(18)24(25,26)27)20-13-5-6-14(20)8-7-13/h2-4,9-11,13-14,20H,5-8H2,1H3,(H,28,31)(H,30,32). The molecule has 0 saturated heterocycles. The van der Waals surface area contributed by atoms with Crippen LogP contribution in [0.2, 0.25) is 0 Å². The molecule has 32 heavy (non-hydrogen) atoms. The number of nitrogens with one attached hydrogen (secondary N) is 2. The number of nitrogens with zero attached hydrogens (tertiary/aromatic N) is 1. The van der Waals surface area contributed by atoms with Gasteiger partial charge in [-0.15, -0.1) is 0 Å². The van der Waals surface area contributed by atoms with Crippen molar-refractivity contribution in [2.24, 2.45) is 11.8 Å². The molecule has 0 atom stereocenters. The van der Waals surface area contributed by atoms with Crippen LogP contribution >= 0.6 is 0 Å². The van der Waals surface area contributed by atoms with E-state index in [9.17, 15) is 22.8 Å². The Bertz CT molecular complexity index is 1260. The SMILES string of the molecule is Cc1cccc2[nH]cc(C(=O)Nc3ccc(C4C5CCC4CC5)nc3C(F)(F)F)c(=O)c12. The molecular formula is C24H22F3N3O2. The summed E-state index contributed by atoms with van der Waals surface area (Å²) in [7, 11) is 0. The van der Waals surface area contributed by atoms with Gasteiger partial charge < -0.3 is 10.3 Å². The van der Waals surface area contributed by atoms with Crippen LogP contribution in [0.25, 0.3) is 10.9 Å². The molecule has 166 valence electrons. The summed E-state index contributed by atoms with van der Waals surface area (Å²) in [6.07, 6.45) is 0.609. The fourth-order valence-corrected chi connectivity index (χ4v) is 5.51. The Hall–Kier alpha value is -3.16. The Morgan fingerprint density at radius 1 is 1.09 bits per heavy atom. The van der Waals surface area contributed by atoms with Crippen LogP contribution in [0.5, 0.6) is 0 Å². The van der Waals surface area contributed by atoms with E-state index in [0.29, 0.717) is 34.0 Å². The van der Waals surface area contributed by atoms with Crippen molar-refractivity contribution in [3.05, 3.63) is 69.3 Å². The molecule has 5 rings (SSSR count). The molecule has 2 aliphatic carbocycles. The minimum Gasteiger partial charge on any atom is -0.360 e. The maximum absolute atomic E-state index is 13.8. The van der Waals surface area contributed by atoms with Gasteiger partial charge in [-0.25, -0.2) is 4.98 Å². The molecule has 1 aromatic carbocycles. The fraction of sp³-hybridized carbons (Fsp3) is 0.375. The molecule has 2 aromatic heterocycles. The van der Waals surface area contributed by atoms with E-state index in [1.807, 2.05) is 0 Å². The number of pyridine rings is 2. The van der Waals surface area contributed by atoms with Crippen LogP contribution in [0.1, 0.15) is 58.9 Å². The van der Waals surface area contributed by atoms with Crippen molar-refractivity contribution >= 4 is 22.5 Å². The number of benzene rings is 1. The molecule has 2 fully saturated rings. The Kier molecular flexibility index (Phi) is 4.83. The zero-order valence-electron chi connectivity index (χ0n) is 17.4. The first-order valence-electron chi connectivity index (χ1n) is 10.7. The van der Waals surface area contributed by atoms with E-state index < -0.39 is 28.9 Å². The summed E-state index contributed by atoms with van der Waals surface area (Å²) in [6, 6.07) is 8.06. The zero-order chi connectivity index (χ0) is 22.6. The molecule has 2 aliphatic rings. The predicted molar refractivity (Wildman–Crippen MR) is 115 cm³/mol. The van der Waals surface area contributed by atoms with E-state index in [2.05, 4.69) is 15.3 Å². The fourth-order valence-electron chi connectivity index (χ4n) is 5.51. The number of carbonyl (C=O) groups is 1. The predicted octanol–water partition coefficient (Wildman–Crippen LogP) is 5.41. The zero-order valence-corrected chi connectivity index (χ0v) is 17.4. The molecule has 0 radical (unpaired) electrons. The molecular weight excluding hydrogens is 419 g/mol. The third-order valence-corrected chi connectivity index (χ3v) is 6.97. The van der Waals surface area contributed by atoms with Crippen molar-refractivity contribution in [2.75, 3.05) is 5.32 Å². The van der Waals surface area contributed by atoms with E-state index in [1.165, 1.54) is 12.3 Å². The molecule has 0 spiro atoms. The second-order valence-corrected chi connectivity index (χ2v) is 8.81. The van der Waals surface area contributed by atoms with E-state index in [0.717, 1.165) is 25.7 Å². The maximum Gasteiger partial charge on any atom is 0.435 e. The Morgan fingerprint density at radius 2 is 1.78 bits per heavy atom. The average Bonchev–Trinajstić information content (AvgIpc) is 3.34. The smallest absolute Gasteiger partial charge is 0.360 e. The van der Waals surface area contributed by atoms with Gasteiger partial charge in [-0.1, -0.05) is 12.1 Å². The van der Waals surface area contributed by atoms with Gasteiger partial charge in [0, 0.05) is 28.7 Å². The van der Waals surface area contributed by atoms with Crippen LogP contribution in [0.15, 0.2) is 41.3 Å². The molecule has 5 nitrogen and oxygen atoms in total. The Labute approximate surface area is 182 Å². The van der Waals surface area contributed by atoms with Gasteiger partial charge in [0.15, 0.2) is 5.69 Å². The van der Waals surface area contributed by atoms with Crippen LogP contribution in [0.3, 0.4) is 0 Å². The van der Waals surface area contributed by atoms with Crippen LogP contribution in [-0.2, 0) is 6.18 Å². The lowest BCUT2D eigenvalue weighted by atomic mass is 9.93. The number of anilines is 1. The quantitative estimate of drug-likeness (QED) is 0.571. The number of hydrogen-bond acceptors (Lipinski definition) is 3. The number of amides is 1. The number of halogens is 3. The maximum atomic E-state index is 13.8. The van der Waals surface area contributed by atoms with Crippen LogP contribution in [0.4, 0.5) is 18.9 Å². The Balaban J connectivity index is 1.51. The van der Waals surface area contributed by atoms with Crippen LogP contribution in [0, 0.1) is 18.8 Å². The first-order chi connectivity index (χ1) is 15.2. The van der Waals surface area contributed by atoms with Gasteiger partial charge in [-0.3, -0.25) is 9.59 Å². The molecule has 0 unspecified atom stereocenters. The average molecular weight is 441 g/mol. The first kappa shape index (κ1) is 20.7. The number of aromatic nitrogens is 2. The molecule has 0 aliphatic heterocycles. The molecule has 2 bridgehead atoms. The van der Waals surface area contributed by atoms with Crippen molar-refractivity contribution in [3.63, 3.8) is 0 Å². The molecule has 1 amide bonds. The van der Waals surface area contributed by atoms with Gasteiger partial charge in [-0.2, -0.15) is 13.2 Å². The number of hydrogen-bond donors (Lipinski definition) is 2. The topological polar surface area (TPSA) is 74.8 Å². The van der Waals surface area contributed by atoms with Crippen LogP contribution in [-0.4, -0.2) is 15.9 Å². The van der Waals surface area contributed by atoms with Crippen molar-refractivity contribution in [2.45, 2.75) is 44.7 Å². The largest absolute Gasteiger partial charge is 0.435 e. The second kappa shape index (κ2) is 7.46. The third kappa shape index (κ3) is 3.38. The number of fused-ring (bicyclic) bond motifs is 3. The first-order valence-corrected chi connectivity index (χ1v) is 10.7. The molecule has 8 heteroatoms. The van der Waals surface area contributed by atoms with E-state index in [1.54, 1.807) is 31.2 Å². The summed E-state index contributed by atoms with van der Waals surface area (Å²) >= 11 is 0. The highest BCUT2D eigenvalue weighted by Crippen LogP contribution is 2.54. The minimum absolute atomic E-state index is 0.0483. The molecule has 2 saturated carbocycles. The number of aryl methyl sites for hydroxylation is 1. The van der Waals surface area contributed by atoms with Gasteiger partial charge >= 0.3 is 6.18 Å². The number of aromatic amines is 1. The number of alkyl halides is 3. The summed E-state index contributed by atoms with van der Waals surface area (Å²) in [5.41, 5.74) is -0.678. The van der Waals surface area contributed by atoms with Gasteiger partial charge in [0.1, 0.15) is 5.56 Å². The highest BCUT2D eigenvalue weighted by molar-refractivity contribution is 6.06. The lowest BCUT2D eigenvalue weighted by Gasteiger charge is -2.19. The van der Waals surface area contributed by atoms with Gasteiger partial charge in [0.25, 0.3) is 5.91 Å². The summed E-state index contributed by atoms with van der Waals surface area (Å²) in [5, 5.41) is 2.61. The van der Waals surface area contributed by atoms with E-state index >= 15 is 0 Å². The molecule has 2 N–H and O–H groups in total. The van der Waals surface area contributed by atoms with E-state index in [-0.39, 0.29) is 11.5 Å². The highest BCUT2D eigenvalue weighted by atomic mass is 19.4. The summed E-state index contributed by atoms with van der Waals surface area (Å²) in [4.78, 5) is 32.5. The number of carbonyl (C=O) groups excluding carboxylic acids is 1. The van der Waals surface area contributed by atoms with Crippen molar-refractivity contribution in [3.8, 4) is 0 Å². The number of H-pyrrole nitrogens is 1. The third-order valence-electron chi connectivity index (χ3n) is 6.97. The monoisotopic (exact) mass is 441 g/mol. The lowest BCUT2D eigenvalue weighted by Crippen LogP contribution is -2.24. The van der Waals surface area contributed by atoms with Crippen molar-refractivity contribution < 1.29 is 18.0 Å². The van der Waals surface area contributed by atoms with E-state index in [4.69, 9.17) is 0 Å². The molecule has 2 heterocycles. The second-order valence-electron chi connectivity index (χ2n) is 8.81. The Morgan fingerprint density at radius 3 is 2.44 bits per heavy atom. The highest BCUT2D eigenvalue weighted by Gasteiger charge is 2.44. The van der Waals surface area contributed by atoms with Crippen molar-refractivity contribution in [1.29, 1.82) is 0 Å². The minimum atomic E-state index is -4.73. The van der Waals surface area contributed by atoms with Gasteiger partial charge in [-0.05, 0) is 68.2 Å². The normalized spacial score (nSPS) is 22.4. The van der Waals surface area contributed by atoms with Crippen LogP contribution < -0.4 is 10.7 Å². The lowest BCUT2D eigenvalue weighted by molar-refractivity contribution is -0.140. The molecule has 3 aromatic rings. The summed E-state index contributed by atoms with van der Waals surface area (Å²) < 4.78 is 41.5.